The normalized spacial score (nSPS) is 9.25. The number of carbonyl (C=O) groups excluding carboxylic acids is 2. The number of nitro groups is 1. The summed E-state index contributed by atoms with van der Waals surface area (Å²) in [5.41, 5.74) is 0. The summed E-state index contributed by atoms with van der Waals surface area (Å²) < 4.78 is 4.68. The van der Waals surface area contributed by atoms with Crippen molar-refractivity contribution in [2.75, 3.05) is 6.54 Å². The van der Waals surface area contributed by atoms with E-state index in [1.165, 1.54) is 12.1 Å². The molecule has 0 aliphatic rings. The van der Waals surface area contributed by atoms with Gasteiger partial charge in [0.1, 0.15) is 18.6 Å². The second-order valence-corrected chi connectivity index (χ2v) is 2.67. The van der Waals surface area contributed by atoms with Gasteiger partial charge in [-0.1, -0.05) is 18.2 Å². The van der Waals surface area contributed by atoms with Gasteiger partial charge in [-0.15, -0.1) is 0 Å². The van der Waals surface area contributed by atoms with Crippen LogP contribution in [0.3, 0.4) is 0 Å². The first-order chi connectivity index (χ1) is 7.65. The maximum Gasteiger partial charge on any atom is 0.474 e. The zero-order valence-electron chi connectivity index (χ0n) is 8.11. The standard InChI is InChI=1S/C9H8N2O5/c12-7-6-10(11(14)15)9(13)16-8-4-2-1-3-5-8/h1-5,7H,6H2. The number of amides is 1. The number of benzene rings is 1. The number of para-hydroxylation sites is 1. The Kier molecular flexibility index (Phi) is 3.96. The minimum atomic E-state index is -1.21. The van der Waals surface area contributed by atoms with Crippen molar-refractivity contribution in [3.8, 4) is 5.75 Å². The second kappa shape index (κ2) is 5.44. The summed E-state index contributed by atoms with van der Waals surface area (Å²) in [6, 6.07) is 7.86. The summed E-state index contributed by atoms with van der Waals surface area (Å²) in [4.78, 5) is 31.8. The van der Waals surface area contributed by atoms with Crippen molar-refractivity contribution in [1.29, 1.82) is 0 Å². The van der Waals surface area contributed by atoms with Gasteiger partial charge in [-0.2, -0.15) is 0 Å². The largest absolute Gasteiger partial charge is 0.474 e. The van der Waals surface area contributed by atoms with Gasteiger partial charge in [0, 0.05) is 0 Å². The first-order valence-electron chi connectivity index (χ1n) is 4.27. The van der Waals surface area contributed by atoms with Gasteiger partial charge < -0.3 is 9.53 Å². The summed E-state index contributed by atoms with van der Waals surface area (Å²) >= 11 is 0. The third kappa shape index (κ3) is 3.05. The monoisotopic (exact) mass is 224 g/mol. The number of aldehydes is 1. The summed E-state index contributed by atoms with van der Waals surface area (Å²) in [6.45, 7) is -0.654. The van der Waals surface area contributed by atoms with Crippen LogP contribution in [0, 0.1) is 10.1 Å². The lowest BCUT2D eigenvalue weighted by molar-refractivity contribution is -0.631. The minimum absolute atomic E-state index is 0.0833. The number of ether oxygens (including phenoxy) is 1. The molecule has 1 aromatic rings. The third-order valence-electron chi connectivity index (χ3n) is 1.60. The lowest BCUT2D eigenvalue weighted by Gasteiger charge is -2.09. The highest BCUT2D eigenvalue weighted by Crippen LogP contribution is 2.09. The molecule has 7 heteroatoms. The van der Waals surface area contributed by atoms with E-state index in [0.717, 1.165) is 0 Å². The summed E-state index contributed by atoms with van der Waals surface area (Å²) in [5, 5.41) is 9.48. The molecule has 0 heterocycles. The van der Waals surface area contributed by atoms with Crippen LogP contribution in [0.1, 0.15) is 0 Å². The number of carbonyl (C=O) groups is 2. The second-order valence-electron chi connectivity index (χ2n) is 2.67. The van der Waals surface area contributed by atoms with Crippen LogP contribution in [0.2, 0.25) is 0 Å². The van der Waals surface area contributed by atoms with Crippen LogP contribution in [0.5, 0.6) is 5.75 Å². The molecule has 0 aliphatic heterocycles. The molecule has 0 radical (unpaired) electrons. The Morgan fingerprint density at radius 2 is 2.06 bits per heavy atom. The van der Waals surface area contributed by atoms with E-state index in [2.05, 4.69) is 4.74 Å². The van der Waals surface area contributed by atoms with E-state index < -0.39 is 17.7 Å². The number of hydrazine groups is 1. The van der Waals surface area contributed by atoms with Crippen molar-refractivity contribution in [2.24, 2.45) is 0 Å². The number of hydrogen-bond donors (Lipinski definition) is 0. The molecule has 0 aliphatic carbocycles. The van der Waals surface area contributed by atoms with Crippen LogP contribution in [-0.2, 0) is 4.79 Å². The molecule has 0 atom stereocenters. The SMILES string of the molecule is O=CCN(C(=O)Oc1ccccc1)[N+](=O)[O-]. The predicted octanol–water partition coefficient (Wildman–Crippen LogP) is 0.878. The molecule has 0 spiro atoms. The fraction of sp³-hybridized carbons (Fsp3) is 0.111. The molecule has 1 rings (SSSR count). The van der Waals surface area contributed by atoms with Gasteiger partial charge >= 0.3 is 6.09 Å². The van der Waals surface area contributed by atoms with Gasteiger partial charge in [0.25, 0.3) is 0 Å². The average Bonchev–Trinajstić information content (AvgIpc) is 2.26. The fourth-order valence-electron chi connectivity index (χ4n) is 0.921. The predicted molar refractivity (Wildman–Crippen MR) is 52.2 cm³/mol. The Labute approximate surface area is 90.3 Å². The molecule has 7 nitrogen and oxygen atoms in total. The number of nitrogens with zero attached hydrogens (tertiary/aromatic N) is 2. The Bertz CT molecular complexity index is 392. The molecule has 1 aromatic carbocycles. The fourth-order valence-corrected chi connectivity index (χ4v) is 0.921. The molecule has 0 fully saturated rings. The van der Waals surface area contributed by atoms with E-state index in [0.29, 0.717) is 0 Å². The smallest absolute Gasteiger partial charge is 0.407 e. The highest BCUT2D eigenvalue weighted by atomic mass is 16.7. The molecule has 0 saturated carbocycles. The van der Waals surface area contributed by atoms with Crippen molar-refractivity contribution in [1.82, 2.24) is 5.01 Å². The Morgan fingerprint density at radius 3 is 2.56 bits per heavy atom. The van der Waals surface area contributed by atoms with Gasteiger partial charge in [0.15, 0.2) is 5.03 Å². The maximum absolute atomic E-state index is 11.2. The van der Waals surface area contributed by atoms with E-state index in [9.17, 15) is 19.7 Å². The lowest BCUT2D eigenvalue weighted by atomic mass is 10.3. The molecular weight excluding hydrogens is 216 g/mol. The van der Waals surface area contributed by atoms with Crippen molar-refractivity contribution in [3.05, 3.63) is 40.4 Å². The van der Waals surface area contributed by atoms with Crippen molar-refractivity contribution >= 4 is 12.4 Å². The minimum Gasteiger partial charge on any atom is -0.407 e. The number of rotatable bonds is 4. The van der Waals surface area contributed by atoms with E-state index in [1.807, 2.05) is 0 Å². The van der Waals surface area contributed by atoms with Crippen LogP contribution in [-0.4, -0.2) is 29.0 Å². The Morgan fingerprint density at radius 1 is 1.44 bits per heavy atom. The third-order valence-corrected chi connectivity index (χ3v) is 1.60. The van der Waals surface area contributed by atoms with Gasteiger partial charge in [-0.05, 0) is 17.1 Å². The molecule has 0 bridgehead atoms. The first-order valence-corrected chi connectivity index (χ1v) is 4.27. The van der Waals surface area contributed by atoms with Gasteiger partial charge in [-0.3, -0.25) is 0 Å². The van der Waals surface area contributed by atoms with E-state index in [4.69, 9.17) is 0 Å². The zero-order valence-corrected chi connectivity index (χ0v) is 8.11. The number of hydrogen-bond acceptors (Lipinski definition) is 5. The quantitative estimate of drug-likeness (QED) is 0.430. The molecule has 16 heavy (non-hydrogen) atoms. The molecule has 84 valence electrons. The van der Waals surface area contributed by atoms with Crippen LogP contribution >= 0.6 is 0 Å². The van der Waals surface area contributed by atoms with E-state index >= 15 is 0 Å². The van der Waals surface area contributed by atoms with Crippen molar-refractivity contribution in [3.63, 3.8) is 0 Å². The molecular formula is C9H8N2O5. The van der Waals surface area contributed by atoms with Crippen LogP contribution in [0.25, 0.3) is 0 Å². The van der Waals surface area contributed by atoms with Crippen molar-refractivity contribution < 1.29 is 19.4 Å². The van der Waals surface area contributed by atoms with Gasteiger partial charge in [-0.25, -0.2) is 14.9 Å². The average molecular weight is 224 g/mol. The molecule has 0 aromatic heterocycles. The van der Waals surface area contributed by atoms with Crippen LogP contribution < -0.4 is 4.74 Å². The van der Waals surface area contributed by atoms with Crippen molar-refractivity contribution in [2.45, 2.75) is 0 Å². The summed E-state index contributed by atoms with van der Waals surface area (Å²) in [6.07, 6.45) is -0.960. The maximum atomic E-state index is 11.2. The molecule has 0 unspecified atom stereocenters. The van der Waals surface area contributed by atoms with Crippen LogP contribution in [0.4, 0.5) is 4.79 Å². The van der Waals surface area contributed by atoms with Gasteiger partial charge in [0.05, 0.1) is 0 Å². The first kappa shape index (κ1) is 11.6. The van der Waals surface area contributed by atoms with E-state index in [-0.39, 0.29) is 17.0 Å². The Balaban J connectivity index is 2.69. The highest BCUT2D eigenvalue weighted by molar-refractivity contribution is 5.72. The topological polar surface area (TPSA) is 89.8 Å². The molecule has 1 amide bonds. The summed E-state index contributed by atoms with van der Waals surface area (Å²) in [7, 11) is 0. The molecule has 0 N–H and O–H groups in total. The Hall–Kier alpha value is -2.44. The van der Waals surface area contributed by atoms with Crippen LogP contribution in [0.15, 0.2) is 30.3 Å². The lowest BCUT2D eigenvalue weighted by Crippen LogP contribution is -2.39. The van der Waals surface area contributed by atoms with E-state index in [1.54, 1.807) is 18.2 Å². The molecule has 0 saturated heterocycles. The summed E-state index contributed by atoms with van der Waals surface area (Å²) in [5.74, 6) is 0.172. The highest BCUT2D eigenvalue weighted by Gasteiger charge is 2.25. The van der Waals surface area contributed by atoms with Gasteiger partial charge in [0.2, 0.25) is 0 Å². The zero-order chi connectivity index (χ0) is 12.0.